The molecule has 3 nitrogen and oxygen atoms in total. The molecule has 130 valence electrons. The Morgan fingerprint density at radius 1 is 0.818 bits per heavy atom. The van der Waals surface area contributed by atoms with Crippen LogP contribution in [-0.2, 0) is 14.3 Å². The molecular weight excluding hydrogens is 276 g/mol. The summed E-state index contributed by atoms with van der Waals surface area (Å²) in [6, 6.07) is 0. The summed E-state index contributed by atoms with van der Waals surface area (Å²) in [6.07, 6.45) is 17.3. The van der Waals surface area contributed by atoms with Gasteiger partial charge in [0.05, 0.1) is 6.61 Å². The van der Waals surface area contributed by atoms with Crippen LogP contribution in [0.2, 0.25) is 0 Å². The van der Waals surface area contributed by atoms with E-state index in [-0.39, 0.29) is 6.79 Å². The largest absolute Gasteiger partial charge is 0.464 e. The fraction of sp³-hybridized carbons (Fsp3) is 0.842. The quantitative estimate of drug-likeness (QED) is 0.112. The molecule has 0 unspecified atom stereocenters. The smallest absolute Gasteiger partial charge is 0.189 e. The predicted octanol–water partition coefficient (Wildman–Crippen LogP) is 5.78. The van der Waals surface area contributed by atoms with Gasteiger partial charge in [-0.25, -0.2) is 0 Å². The molecule has 3 heteroatoms. The molecule has 22 heavy (non-hydrogen) atoms. The molecule has 0 heterocycles. The molecule has 0 rings (SSSR count). The van der Waals surface area contributed by atoms with Gasteiger partial charge in [0, 0.05) is 0 Å². The lowest BCUT2D eigenvalue weighted by Gasteiger charge is -2.06. The van der Waals surface area contributed by atoms with Crippen molar-refractivity contribution in [3.63, 3.8) is 0 Å². The van der Waals surface area contributed by atoms with Gasteiger partial charge < -0.3 is 9.47 Å². The zero-order valence-electron chi connectivity index (χ0n) is 14.8. The van der Waals surface area contributed by atoms with E-state index >= 15 is 0 Å². The number of aldehydes is 1. The van der Waals surface area contributed by atoms with Crippen molar-refractivity contribution in [1.82, 2.24) is 0 Å². The highest BCUT2D eigenvalue weighted by atomic mass is 16.7. The molecule has 0 aliphatic carbocycles. The predicted molar refractivity (Wildman–Crippen MR) is 92.8 cm³/mol. The molecule has 0 radical (unpaired) electrons. The van der Waals surface area contributed by atoms with Crippen LogP contribution >= 0.6 is 0 Å². The van der Waals surface area contributed by atoms with Crippen molar-refractivity contribution < 1.29 is 14.3 Å². The lowest BCUT2D eigenvalue weighted by Crippen LogP contribution is -2.02. The Bertz CT molecular complexity index is 261. The van der Waals surface area contributed by atoms with E-state index in [2.05, 4.69) is 13.8 Å². The number of hydrogen-bond donors (Lipinski definition) is 0. The summed E-state index contributed by atoms with van der Waals surface area (Å²) in [5.74, 6) is 0.416. The van der Waals surface area contributed by atoms with Gasteiger partial charge in [-0.05, 0) is 25.3 Å². The van der Waals surface area contributed by atoms with Gasteiger partial charge in [0.25, 0.3) is 0 Å². The lowest BCUT2D eigenvalue weighted by atomic mass is 10.1. The molecule has 0 N–H and O–H groups in total. The van der Waals surface area contributed by atoms with Gasteiger partial charge in [-0.2, -0.15) is 0 Å². The Morgan fingerprint density at radius 3 is 2.05 bits per heavy atom. The average molecular weight is 312 g/mol. The summed E-state index contributed by atoms with van der Waals surface area (Å²) < 4.78 is 10.7. The normalized spacial score (nSPS) is 11.6. The van der Waals surface area contributed by atoms with E-state index in [1.165, 1.54) is 57.8 Å². The second kappa shape index (κ2) is 18.2. The van der Waals surface area contributed by atoms with Crippen molar-refractivity contribution in [3.8, 4) is 0 Å². The summed E-state index contributed by atoms with van der Waals surface area (Å²) in [5.41, 5.74) is 0. The van der Waals surface area contributed by atoms with Crippen molar-refractivity contribution in [2.24, 2.45) is 0 Å². The van der Waals surface area contributed by atoms with E-state index in [4.69, 9.17) is 9.47 Å². The van der Waals surface area contributed by atoms with Gasteiger partial charge in [0.2, 0.25) is 0 Å². The van der Waals surface area contributed by atoms with E-state index in [1.807, 2.05) is 6.08 Å². The first-order valence-electron chi connectivity index (χ1n) is 9.21. The molecule has 0 aromatic carbocycles. The lowest BCUT2D eigenvalue weighted by molar-refractivity contribution is -0.111. The Balaban J connectivity index is 3.45. The van der Waals surface area contributed by atoms with Crippen LogP contribution < -0.4 is 0 Å². The minimum Gasteiger partial charge on any atom is -0.464 e. The molecule has 0 aromatic heterocycles. The van der Waals surface area contributed by atoms with E-state index < -0.39 is 0 Å². The third-order valence-corrected chi connectivity index (χ3v) is 3.72. The Morgan fingerprint density at radius 2 is 1.41 bits per heavy atom. The molecular formula is C19H36O3. The van der Waals surface area contributed by atoms with Crippen LogP contribution in [0.4, 0.5) is 0 Å². The first-order chi connectivity index (χ1) is 10.8. The number of rotatable bonds is 17. The molecule has 0 saturated carbocycles. The SMILES string of the molecule is CCCCCCCCC/C=C(\C=O)OCOCCCCCC. The van der Waals surface area contributed by atoms with Crippen molar-refractivity contribution >= 4 is 6.29 Å². The number of allylic oxidation sites excluding steroid dienone is 2. The van der Waals surface area contributed by atoms with Gasteiger partial charge in [-0.15, -0.1) is 0 Å². The summed E-state index contributed by atoms with van der Waals surface area (Å²) in [5, 5.41) is 0. The molecule has 0 spiro atoms. The summed E-state index contributed by atoms with van der Waals surface area (Å²) >= 11 is 0. The van der Waals surface area contributed by atoms with Crippen molar-refractivity contribution in [3.05, 3.63) is 11.8 Å². The Labute approximate surface area is 137 Å². The molecule has 0 aliphatic rings. The molecule has 0 aromatic rings. The van der Waals surface area contributed by atoms with Gasteiger partial charge >= 0.3 is 0 Å². The highest BCUT2D eigenvalue weighted by Crippen LogP contribution is 2.09. The number of carbonyl (C=O) groups excluding carboxylic acids is 1. The first kappa shape index (κ1) is 21.2. The van der Waals surface area contributed by atoms with Gasteiger partial charge in [-0.1, -0.05) is 71.6 Å². The summed E-state index contributed by atoms with van der Waals surface area (Å²) in [4.78, 5) is 10.9. The van der Waals surface area contributed by atoms with Crippen molar-refractivity contribution in [1.29, 1.82) is 0 Å². The fourth-order valence-corrected chi connectivity index (χ4v) is 2.29. The van der Waals surface area contributed by atoms with Gasteiger partial charge in [0.15, 0.2) is 18.8 Å². The zero-order valence-corrected chi connectivity index (χ0v) is 14.8. The van der Waals surface area contributed by atoms with Gasteiger partial charge in [-0.3, -0.25) is 4.79 Å². The zero-order chi connectivity index (χ0) is 16.3. The first-order valence-corrected chi connectivity index (χ1v) is 9.21. The minimum atomic E-state index is 0.188. The van der Waals surface area contributed by atoms with Crippen LogP contribution in [0.15, 0.2) is 11.8 Å². The average Bonchev–Trinajstić information content (AvgIpc) is 2.54. The minimum absolute atomic E-state index is 0.188. The molecule has 0 saturated heterocycles. The van der Waals surface area contributed by atoms with Crippen LogP contribution in [0.3, 0.4) is 0 Å². The van der Waals surface area contributed by atoms with Crippen molar-refractivity contribution in [2.75, 3.05) is 13.4 Å². The highest BCUT2D eigenvalue weighted by molar-refractivity contribution is 5.69. The number of hydrogen-bond acceptors (Lipinski definition) is 3. The van der Waals surface area contributed by atoms with E-state index in [0.29, 0.717) is 12.4 Å². The highest BCUT2D eigenvalue weighted by Gasteiger charge is 1.97. The second-order valence-electron chi connectivity index (χ2n) is 5.87. The fourth-order valence-electron chi connectivity index (χ4n) is 2.29. The summed E-state index contributed by atoms with van der Waals surface area (Å²) in [6.45, 7) is 5.33. The maximum atomic E-state index is 10.9. The standard InChI is InChI=1S/C19H36O3/c1-3-5-7-9-10-11-12-13-15-19(17-20)22-18-21-16-14-8-6-4-2/h15,17H,3-14,16,18H2,1-2H3/b19-15+. The third-order valence-electron chi connectivity index (χ3n) is 3.72. The second-order valence-corrected chi connectivity index (χ2v) is 5.87. The number of unbranched alkanes of at least 4 members (excludes halogenated alkanes) is 10. The molecule has 0 bridgehead atoms. The van der Waals surface area contributed by atoms with Crippen LogP contribution in [0, 0.1) is 0 Å². The monoisotopic (exact) mass is 312 g/mol. The van der Waals surface area contributed by atoms with Crippen LogP contribution in [0.1, 0.15) is 90.9 Å². The van der Waals surface area contributed by atoms with Crippen molar-refractivity contribution in [2.45, 2.75) is 90.9 Å². The van der Waals surface area contributed by atoms with Gasteiger partial charge in [0.1, 0.15) is 0 Å². The van der Waals surface area contributed by atoms with Crippen LogP contribution in [-0.4, -0.2) is 19.7 Å². The summed E-state index contributed by atoms with van der Waals surface area (Å²) in [7, 11) is 0. The maximum absolute atomic E-state index is 10.9. The van der Waals surface area contributed by atoms with E-state index in [9.17, 15) is 4.79 Å². The molecule has 0 amide bonds. The third kappa shape index (κ3) is 15.6. The topological polar surface area (TPSA) is 35.5 Å². The van der Waals surface area contributed by atoms with E-state index in [1.54, 1.807) is 0 Å². The van der Waals surface area contributed by atoms with E-state index in [0.717, 1.165) is 25.5 Å². The molecule has 0 fully saturated rings. The maximum Gasteiger partial charge on any atom is 0.189 e. The molecule has 0 aliphatic heterocycles. The Kier molecular flexibility index (Phi) is 17.5. The number of ether oxygens (including phenoxy) is 2. The van der Waals surface area contributed by atoms with Crippen LogP contribution in [0.25, 0.3) is 0 Å². The molecule has 0 atom stereocenters. The van der Waals surface area contributed by atoms with Crippen LogP contribution in [0.5, 0.6) is 0 Å². The Hall–Kier alpha value is -0.830. The number of carbonyl (C=O) groups is 1.